The number of aromatic nitrogens is 3. The monoisotopic (exact) mass is 499 g/mol. The van der Waals surface area contributed by atoms with Gasteiger partial charge >= 0.3 is 6.09 Å². The Balaban J connectivity index is 1.39. The molecule has 2 fully saturated rings. The van der Waals surface area contributed by atoms with E-state index in [1.54, 1.807) is 12.0 Å². The number of ether oxygens (including phenoxy) is 4. The second-order valence-corrected chi connectivity index (χ2v) is 9.65. The number of anilines is 1. The summed E-state index contributed by atoms with van der Waals surface area (Å²) in [4.78, 5) is 29.5. The first kappa shape index (κ1) is 25.9. The number of likely N-dealkylation sites (tertiary alicyclic amines) is 1. The fraction of sp³-hybridized carbons (Fsp3) is 0.615. The molecular weight excluding hydrogens is 462 g/mol. The summed E-state index contributed by atoms with van der Waals surface area (Å²) in [6, 6.07) is 6.03. The standard InChI is InChI=1S/C26H37N5O5/c1-17(2)34-26(32)30-12-9-20(10-13-30)35-24-19(4)25(28-16-27-24)36-22-15-31(14-11-21(22)33-5)23-8-6-7-18(3)29-23/h6-8,16-17,20-22H,9-15H2,1-5H3. The van der Waals surface area contributed by atoms with Crippen molar-refractivity contribution in [3.63, 3.8) is 0 Å². The molecule has 2 saturated heterocycles. The fourth-order valence-corrected chi connectivity index (χ4v) is 4.58. The molecule has 0 spiro atoms. The summed E-state index contributed by atoms with van der Waals surface area (Å²) in [6.07, 6.45) is 2.99. The number of rotatable bonds is 7. The molecule has 0 N–H and O–H groups in total. The lowest BCUT2D eigenvalue weighted by Crippen LogP contribution is -2.50. The van der Waals surface area contributed by atoms with E-state index in [-0.39, 0.29) is 30.5 Å². The molecule has 4 rings (SSSR count). The molecule has 0 radical (unpaired) electrons. The summed E-state index contributed by atoms with van der Waals surface area (Å²) in [7, 11) is 1.71. The van der Waals surface area contributed by atoms with Crippen LogP contribution in [0.2, 0.25) is 0 Å². The third-order valence-electron chi connectivity index (χ3n) is 6.57. The van der Waals surface area contributed by atoms with Crippen molar-refractivity contribution in [2.45, 2.75) is 71.4 Å². The molecular formula is C26H37N5O5. The van der Waals surface area contributed by atoms with Crippen LogP contribution in [0, 0.1) is 13.8 Å². The van der Waals surface area contributed by atoms with E-state index in [9.17, 15) is 4.79 Å². The largest absolute Gasteiger partial charge is 0.474 e. The van der Waals surface area contributed by atoms with Gasteiger partial charge in [0.25, 0.3) is 0 Å². The maximum absolute atomic E-state index is 12.2. The summed E-state index contributed by atoms with van der Waals surface area (Å²) in [5, 5.41) is 0. The summed E-state index contributed by atoms with van der Waals surface area (Å²) in [5.41, 5.74) is 1.73. The third kappa shape index (κ3) is 6.34. The van der Waals surface area contributed by atoms with Gasteiger partial charge in [0.15, 0.2) is 0 Å². The van der Waals surface area contributed by atoms with Crippen LogP contribution in [0.25, 0.3) is 0 Å². The molecule has 2 aromatic rings. The number of hydrogen-bond acceptors (Lipinski definition) is 9. The van der Waals surface area contributed by atoms with Crippen molar-refractivity contribution < 1.29 is 23.7 Å². The van der Waals surface area contributed by atoms with Crippen molar-refractivity contribution in [1.29, 1.82) is 0 Å². The van der Waals surface area contributed by atoms with Crippen molar-refractivity contribution in [1.82, 2.24) is 19.9 Å². The van der Waals surface area contributed by atoms with Gasteiger partial charge in [-0.25, -0.2) is 19.7 Å². The van der Waals surface area contributed by atoms with Gasteiger partial charge in [-0.05, 0) is 46.2 Å². The molecule has 4 heterocycles. The van der Waals surface area contributed by atoms with Crippen LogP contribution >= 0.6 is 0 Å². The van der Waals surface area contributed by atoms with Crippen LogP contribution in [0.5, 0.6) is 11.8 Å². The normalized spacial score (nSPS) is 20.9. The minimum absolute atomic E-state index is 0.0427. The third-order valence-corrected chi connectivity index (χ3v) is 6.57. The van der Waals surface area contributed by atoms with Gasteiger partial charge in [-0.15, -0.1) is 0 Å². The highest BCUT2D eigenvalue weighted by atomic mass is 16.6. The Morgan fingerprint density at radius 1 is 1.00 bits per heavy atom. The van der Waals surface area contributed by atoms with Gasteiger partial charge in [-0.2, -0.15) is 0 Å². The van der Waals surface area contributed by atoms with Gasteiger partial charge < -0.3 is 28.7 Å². The lowest BCUT2D eigenvalue weighted by atomic mass is 10.0. The molecule has 36 heavy (non-hydrogen) atoms. The quantitative estimate of drug-likeness (QED) is 0.566. The van der Waals surface area contributed by atoms with Crippen LogP contribution in [0.3, 0.4) is 0 Å². The predicted molar refractivity (Wildman–Crippen MR) is 135 cm³/mol. The van der Waals surface area contributed by atoms with E-state index in [1.807, 2.05) is 45.9 Å². The molecule has 10 heteroatoms. The van der Waals surface area contributed by atoms with Gasteiger partial charge in [-0.1, -0.05) is 6.07 Å². The molecule has 1 amide bonds. The Morgan fingerprint density at radius 2 is 1.72 bits per heavy atom. The molecule has 10 nitrogen and oxygen atoms in total. The first-order chi connectivity index (χ1) is 17.3. The number of piperidine rings is 2. The highest BCUT2D eigenvalue weighted by Gasteiger charge is 2.33. The number of amides is 1. The Morgan fingerprint density at radius 3 is 2.39 bits per heavy atom. The number of pyridine rings is 1. The van der Waals surface area contributed by atoms with Gasteiger partial charge in [0.2, 0.25) is 11.8 Å². The number of aryl methyl sites for hydroxylation is 1. The van der Waals surface area contributed by atoms with Gasteiger partial charge in [-0.3, -0.25) is 0 Å². The molecule has 196 valence electrons. The molecule has 0 aliphatic carbocycles. The van der Waals surface area contributed by atoms with E-state index >= 15 is 0 Å². The number of methoxy groups -OCH3 is 1. The summed E-state index contributed by atoms with van der Waals surface area (Å²) in [5.74, 6) is 1.93. The van der Waals surface area contributed by atoms with Crippen molar-refractivity contribution in [2.75, 3.05) is 38.2 Å². The van der Waals surface area contributed by atoms with E-state index in [2.05, 4.69) is 19.9 Å². The molecule has 2 aliphatic heterocycles. The molecule has 2 atom stereocenters. The Bertz CT molecular complexity index is 1030. The number of hydrogen-bond donors (Lipinski definition) is 0. The van der Waals surface area contributed by atoms with E-state index in [0.717, 1.165) is 30.0 Å². The van der Waals surface area contributed by atoms with Gasteiger partial charge in [0.1, 0.15) is 24.4 Å². The highest BCUT2D eigenvalue weighted by Crippen LogP contribution is 2.29. The number of carbonyl (C=O) groups excluding carboxylic acids is 1. The zero-order valence-corrected chi connectivity index (χ0v) is 21.8. The van der Waals surface area contributed by atoms with Crippen molar-refractivity contribution in [3.05, 3.63) is 35.8 Å². The van der Waals surface area contributed by atoms with Crippen LogP contribution in [0.1, 0.15) is 44.4 Å². The van der Waals surface area contributed by atoms with Gasteiger partial charge in [0.05, 0.1) is 24.3 Å². The average Bonchev–Trinajstić information content (AvgIpc) is 2.86. The molecule has 0 bridgehead atoms. The Kier molecular flexibility index (Phi) is 8.45. The Hall–Kier alpha value is -3.14. The van der Waals surface area contributed by atoms with Crippen molar-refractivity contribution in [3.8, 4) is 11.8 Å². The van der Waals surface area contributed by atoms with Crippen LogP contribution in [0.15, 0.2) is 24.5 Å². The van der Waals surface area contributed by atoms with Gasteiger partial charge in [0, 0.05) is 45.3 Å². The molecule has 0 aromatic carbocycles. The first-order valence-electron chi connectivity index (χ1n) is 12.7. The predicted octanol–water partition coefficient (Wildman–Crippen LogP) is 3.55. The minimum atomic E-state index is -0.271. The molecule has 2 aromatic heterocycles. The lowest BCUT2D eigenvalue weighted by molar-refractivity contribution is -0.0115. The first-order valence-corrected chi connectivity index (χ1v) is 12.7. The van der Waals surface area contributed by atoms with Crippen LogP contribution in [0.4, 0.5) is 10.6 Å². The van der Waals surface area contributed by atoms with Crippen LogP contribution < -0.4 is 14.4 Å². The fourth-order valence-electron chi connectivity index (χ4n) is 4.58. The van der Waals surface area contributed by atoms with Crippen molar-refractivity contribution >= 4 is 11.9 Å². The summed E-state index contributed by atoms with van der Waals surface area (Å²) < 4.78 is 23.7. The molecule has 0 saturated carbocycles. The van der Waals surface area contributed by atoms with E-state index in [0.29, 0.717) is 44.2 Å². The highest BCUT2D eigenvalue weighted by molar-refractivity contribution is 5.67. The lowest BCUT2D eigenvalue weighted by Gasteiger charge is -2.38. The van der Waals surface area contributed by atoms with E-state index < -0.39 is 0 Å². The summed E-state index contributed by atoms with van der Waals surface area (Å²) >= 11 is 0. The SMILES string of the molecule is COC1CCN(c2cccc(C)n2)CC1Oc1ncnc(OC2CCN(C(=O)OC(C)C)CC2)c1C. The molecule has 2 unspecified atom stereocenters. The van der Waals surface area contributed by atoms with E-state index in [1.165, 1.54) is 6.33 Å². The minimum Gasteiger partial charge on any atom is -0.474 e. The summed E-state index contributed by atoms with van der Waals surface area (Å²) in [6.45, 7) is 10.3. The zero-order chi connectivity index (χ0) is 25.7. The zero-order valence-electron chi connectivity index (χ0n) is 21.8. The number of carbonyl (C=O) groups is 1. The maximum atomic E-state index is 12.2. The maximum Gasteiger partial charge on any atom is 0.410 e. The second-order valence-electron chi connectivity index (χ2n) is 9.65. The van der Waals surface area contributed by atoms with Crippen LogP contribution in [-0.4, -0.2) is 83.6 Å². The van der Waals surface area contributed by atoms with Crippen LogP contribution in [-0.2, 0) is 9.47 Å². The van der Waals surface area contributed by atoms with Crippen molar-refractivity contribution in [2.24, 2.45) is 0 Å². The molecule has 2 aliphatic rings. The smallest absolute Gasteiger partial charge is 0.410 e. The second kappa shape index (κ2) is 11.7. The average molecular weight is 500 g/mol. The van der Waals surface area contributed by atoms with E-state index in [4.69, 9.17) is 18.9 Å². The Labute approximate surface area is 212 Å². The number of nitrogens with zero attached hydrogens (tertiary/aromatic N) is 5. The topological polar surface area (TPSA) is 99.1 Å².